The van der Waals surface area contributed by atoms with Gasteiger partial charge in [0.1, 0.15) is 10.6 Å². The van der Waals surface area contributed by atoms with Crippen LogP contribution in [-0.4, -0.2) is 9.67 Å². The summed E-state index contributed by atoms with van der Waals surface area (Å²) in [6.45, 7) is 8.28. The quantitative estimate of drug-likeness (QED) is 0.775. The highest BCUT2D eigenvalue weighted by atomic mass is 32.1. The Balaban J connectivity index is 2.27. The summed E-state index contributed by atoms with van der Waals surface area (Å²) in [4.78, 5) is 14.6. The van der Waals surface area contributed by atoms with Crippen molar-refractivity contribution in [2.75, 3.05) is 0 Å². The van der Waals surface area contributed by atoms with Crippen molar-refractivity contribution in [3.05, 3.63) is 61.8 Å². The molecule has 0 atom stereocenters. The topological polar surface area (TPSA) is 42.2 Å². The summed E-state index contributed by atoms with van der Waals surface area (Å²) in [7, 11) is 0. The van der Waals surface area contributed by atoms with Crippen LogP contribution in [0.15, 0.2) is 29.1 Å². The molecule has 0 amide bonds. The van der Waals surface area contributed by atoms with Crippen LogP contribution >= 0.6 is 11.3 Å². The molecule has 2 heterocycles. The summed E-state index contributed by atoms with van der Waals surface area (Å²) >= 11 is 1.57. The first-order valence-electron chi connectivity index (χ1n) is 7.27. The van der Waals surface area contributed by atoms with Crippen molar-refractivity contribution in [2.24, 2.45) is 0 Å². The van der Waals surface area contributed by atoms with E-state index in [1.807, 2.05) is 32.9 Å². The second kappa shape index (κ2) is 5.29. The first kappa shape index (κ1) is 14.9. The summed E-state index contributed by atoms with van der Waals surface area (Å²) in [6.07, 6.45) is 0. The summed E-state index contributed by atoms with van der Waals surface area (Å²) in [5, 5.41) is 11.2. The first-order chi connectivity index (χ1) is 10.4. The Morgan fingerprint density at radius 3 is 2.32 bits per heavy atom. The van der Waals surface area contributed by atoms with Crippen LogP contribution in [0, 0.1) is 27.7 Å². The predicted octanol–water partition coefficient (Wildman–Crippen LogP) is 4.05. The summed E-state index contributed by atoms with van der Waals surface area (Å²) in [5.74, 6) is 0.127. The van der Waals surface area contributed by atoms with E-state index in [0.717, 1.165) is 26.2 Å². The number of aryl methyl sites for hydroxylation is 3. The molecule has 3 nitrogen and oxygen atoms in total. The number of benzene rings is 1. The van der Waals surface area contributed by atoms with Crippen LogP contribution in [0.25, 0.3) is 10.2 Å². The van der Waals surface area contributed by atoms with Gasteiger partial charge in [0.2, 0.25) is 0 Å². The van der Waals surface area contributed by atoms with Crippen molar-refractivity contribution in [3.63, 3.8) is 0 Å². The van der Waals surface area contributed by atoms with Crippen molar-refractivity contribution < 1.29 is 5.11 Å². The third kappa shape index (κ3) is 2.24. The van der Waals surface area contributed by atoms with E-state index >= 15 is 0 Å². The monoisotopic (exact) mass is 313 g/mol. The van der Waals surface area contributed by atoms with Gasteiger partial charge in [0.15, 0.2) is 0 Å². The van der Waals surface area contributed by atoms with Crippen LogP contribution in [-0.2, 0) is 6.54 Å². The van der Waals surface area contributed by atoms with Gasteiger partial charge < -0.3 is 5.11 Å². The summed E-state index contributed by atoms with van der Waals surface area (Å²) in [6, 6.07) is 8.19. The zero-order valence-electron chi connectivity index (χ0n) is 13.2. The molecule has 0 saturated heterocycles. The molecule has 2 aromatic heterocycles. The van der Waals surface area contributed by atoms with E-state index in [0.29, 0.717) is 12.1 Å². The van der Waals surface area contributed by atoms with Crippen LogP contribution in [0.4, 0.5) is 0 Å². The summed E-state index contributed by atoms with van der Waals surface area (Å²) < 4.78 is 1.78. The molecular weight excluding hydrogens is 294 g/mol. The maximum atomic E-state index is 12.6. The van der Waals surface area contributed by atoms with Gasteiger partial charge in [-0.1, -0.05) is 29.8 Å². The third-order valence-corrected chi connectivity index (χ3v) is 5.46. The van der Waals surface area contributed by atoms with E-state index < -0.39 is 0 Å². The van der Waals surface area contributed by atoms with Gasteiger partial charge in [0, 0.05) is 4.88 Å². The number of aromatic nitrogens is 1. The maximum Gasteiger partial charge on any atom is 0.258 e. The molecule has 0 spiro atoms. The predicted molar refractivity (Wildman–Crippen MR) is 92.2 cm³/mol. The molecule has 4 heteroatoms. The average molecular weight is 313 g/mol. The molecule has 0 aliphatic heterocycles. The van der Waals surface area contributed by atoms with Crippen LogP contribution in [0.5, 0.6) is 5.75 Å². The molecule has 0 aliphatic carbocycles. The number of hydrogen-bond acceptors (Lipinski definition) is 3. The second-order valence-electron chi connectivity index (χ2n) is 5.81. The molecule has 1 aromatic carbocycles. The van der Waals surface area contributed by atoms with E-state index in [1.54, 1.807) is 22.8 Å². The Kier molecular flexibility index (Phi) is 3.57. The van der Waals surface area contributed by atoms with Crippen molar-refractivity contribution in [3.8, 4) is 5.75 Å². The Morgan fingerprint density at radius 1 is 1.05 bits per heavy atom. The Morgan fingerprint density at radius 2 is 1.68 bits per heavy atom. The lowest BCUT2D eigenvalue weighted by atomic mass is 10.1. The number of thiophene rings is 1. The zero-order valence-corrected chi connectivity index (χ0v) is 14.0. The molecule has 0 radical (unpaired) electrons. The molecular formula is C18H19NO2S. The maximum absolute atomic E-state index is 12.6. The van der Waals surface area contributed by atoms with Gasteiger partial charge in [0.05, 0.1) is 17.5 Å². The van der Waals surface area contributed by atoms with Gasteiger partial charge in [-0.25, -0.2) is 0 Å². The van der Waals surface area contributed by atoms with Crippen molar-refractivity contribution in [1.29, 1.82) is 0 Å². The number of aromatic hydroxyl groups is 1. The fourth-order valence-electron chi connectivity index (χ4n) is 2.68. The Bertz CT molecular complexity index is 917. The molecule has 0 bridgehead atoms. The van der Waals surface area contributed by atoms with Crippen LogP contribution < -0.4 is 5.56 Å². The molecule has 114 valence electrons. The smallest absolute Gasteiger partial charge is 0.258 e. The molecule has 0 unspecified atom stereocenters. The minimum absolute atomic E-state index is 0.119. The molecule has 3 aromatic rings. The van der Waals surface area contributed by atoms with E-state index in [1.165, 1.54) is 5.56 Å². The zero-order chi connectivity index (χ0) is 16.0. The van der Waals surface area contributed by atoms with E-state index in [4.69, 9.17) is 0 Å². The minimum atomic E-state index is -0.119. The van der Waals surface area contributed by atoms with Crippen molar-refractivity contribution in [1.82, 2.24) is 4.57 Å². The Hall–Kier alpha value is -2.07. The molecule has 3 rings (SSSR count). The standard InChI is InChI=1S/C18H19NO2S/c1-10-5-7-14(8-6-10)9-19-17(21)12(3)16(20)15-11(2)13(4)22-18(15)19/h5-8,20H,9H2,1-4H3. The lowest BCUT2D eigenvalue weighted by Crippen LogP contribution is -2.22. The van der Waals surface area contributed by atoms with E-state index in [9.17, 15) is 9.90 Å². The number of fused-ring (bicyclic) bond motifs is 1. The molecule has 0 saturated carbocycles. The number of hydrogen-bond donors (Lipinski definition) is 1. The second-order valence-corrected chi connectivity index (χ2v) is 7.02. The number of nitrogens with zero attached hydrogens (tertiary/aromatic N) is 1. The molecule has 1 N–H and O–H groups in total. The van der Waals surface area contributed by atoms with Gasteiger partial charge in [-0.05, 0) is 38.8 Å². The van der Waals surface area contributed by atoms with Gasteiger partial charge in [-0.15, -0.1) is 11.3 Å². The average Bonchev–Trinajstić information content (AvgIpc) is 2.79. The fourth-order valence-corrected chi connectivity index (χ4v) is 3.84. The lowest BCUT2D eigenvalue weighted by Gasteiger charge is -2.11. The van der Waals surface area contributed by atoms with Gasteiger partial charge >= 0.3 is 0 Å². The normalized spacial score (nSPS) is 11.3. The van der Waals surface area contributed by atoms with E-state index in [2.05, 4.69) is 12.1 Å². The summed E-state index contributed by atoms with van der Waals surface area (Å²) in [5.41, 5.74) is 3.64. The third-order valence-electron chi connectivity index (χ3n) is 4.23. The number of pyridine rings is 1. The molecule has 22 heavy (non-hydrogen) atoms. The van der Waals surface area contributed by atoms with Crippen LogP contribution in [0.2, 0.25) is 0 Å². The van der Waals surface area contributed by atoms with Crippen molar-refractivity contribution >= 4 is 21.6 Å². The largest absolute Gasteiger partial charge is 0.507 e. The lowest BCUT2D eigenvalue weighted by molar-refractivity contribution is 0.474. The fraction of sp³-hybridized carbons (Fsp3) is 0.278. The Labute approximate surface area is 133 Å². The highest BCUT2D eigenvalue weighted by Crippen LogP contribution is 2.36. The molecule has 0 aliphatic rings. The van der Waals surface area contributed by atoms with Gasteiger partial charge in [-0.2, -0.15) is 0 Å². The SMILES string of the molecule is Cc1ccc(Cn2c(=O)c(C)c(O)c3c(C)c(C)sc32)cc1. The van der Waals surface area contributed by atoms with E-state index in [-0.39, 0.29) is 11.3 Å². The van der Waals surface area contributed by atoms with Crippen LogP contribution in [0.1, 0.15) is 27.1 Å². The van der Waals surface area contributed by atoms with Gasteiger partial charge in [-0.3, -0.25) is 9.36 Å². The highest BCUT2D eigenvalue weighted by molar-refractivity contribution is 7.18. The van der Waals surface area contributed by atoms with Crippen LogP contribution in [0.3, 0.4) is 0 Å². The first-order valence-corrected chi connectivity index (χ1v) is 8.09. The van der Waals surface area contributed by atoms with Crippen molar-refractivity contribution in [2.45, 2.75) is 34.2 Å². The number of rotatable bonds is 2. The highest BCUT2D eigenvalue weighted by Gasteiger charge is 2.18. The van der Waals surface area contributed by atoms with Gasteiger partial charge in [0.25, 0.3) is 5.56 Å². The minimum Gasteiger partial charge on any atom is -0.507 e. The molecule has 0 fully saturated rings.